The Morgan fingerprint density at radius 2 is 1.57 bits per heavy atom. The number of hydrogen-bond donors (Lipinski definition) is 1. The van der Waals surface area contributed by atoms with Crippen LogP contribution in [0.1, 0.15) is 44.3 Å². The molecular weight excluding hydrogens is 306 g/mol. The van der Waals surface area contributed by atoms with Gasteiger partial charge in [-0.15, -0.1) is 11.3 Å². The van der Waals surface area contributed by atoms with Gasteiger partial charge in [-0.2, -0.15) is 0 Å². The number of aromatic nitrogens is 1. The fraction of sp³-hybridized carbons (Fsp3) is 0.158. The summed E-state index contributed by atoms with van der Waals surface area (Å²) in [6, 6.07) is 19.9. The number of carbonyl (C=O) groups is 1. The summed E-state index contributed by atoms with van der Waals surface area (Å²) in [6.07, 6.45) is 0.737. The average Bonchev–Trinajstić information content (AvgIpc) is 3.01. The fourth-order valence-corrected chi connectivity index (χ4v) is 3.56. The van der Waals surface area contributed by atoms with E-state index < -0.39 is 5.97 Å². The van der Waals surface area contributed by atoms with Gasteiger partial charge in [0.2, 0.25) is 0 Å². The number of carboxylic acids is 1. The molecular formula is C19H17NO2S. The first-order valence-corrected chi connectivity index (χ1v) is 8.35. The van der Waals surface area contributed by atoms with Crippen molar-refractivity contribution in [1.29, 1.82) is 0 Å². The number of aromatic carboxylic acids is 1. The van der Waals surface area contributed by atoms with Gasteiger partial charge in [0.05, 0.1) is 16.6 Å². The highest BCUT2D eigenvalue weighted by Crippen LogP contribution is 2.35. The highest BCUT2D eigenvalue weighted by atomic mass is 32.1. The third-order valence-electron chi connectivity index (χ3n) is 3.73. The lowest BCUT2D eigenvalue weighted by atomic mass is 9.88. The second-order valence-corrected chi connectivity index (χ2v) is 6.32. The minimum Gasteiger partial charge on any atom is -0.477 e. The van der Waals surface area contributed by atoms with Crippen LogP contribution in [0.3, 0.4) is 0 Å². The zero-order chi connectivity index (χ0) is 16.2. The molecule has 4 heteroatoms. The Kier molecular flexibility index (Phi) is 4.53. The molecule has 0 fully saturated rings. The lowest BCUT2D eigenvalue weighted by molar-refractivity contribution is 0.0700. The summed E-state index contributed by atoms with van der Waals surface area (Å²) in [5.41, 5.74) is 2.74. The molecule has 1 aromatic heterocycles. The van der Waals surface area contributed by atoms with Crippen LogP contribution in [0, 0.1) is 0 Å². The van der Waals surface area contributed by atoms with E-state index in [1.54, 1.807) is 0 Å². The number of thiazole rings is 1. The highest BCUT2D eigenvalue weighted by Gasteiger charge is 2.26. The minimum absolute atomic E-state index is 0.167. The third-order valence-corrected chi connectivity index (χ3v) is 4.94. The van der Waals surface area contributed by atoms with Gasteiger partial charge >= 0.3 is 5.97 Å². The third kappa shape index (κ3) is 3.17. The molecule has 0 aliphatic rings. The molecule has 116 valence electrons. The maximum Gasteiger partial charge on any atom is 0.347 e. The summed E-state index contributed by atoms with van der Waals surface area (Å²) in [4.78, 5) is 16.7. The molecule has 0 spiro atoms. The Labute approximate surface area is 139 Å². The summed E-state index contributed by atoms with van der Waals surface area (Å²) in [5, 5.41) is 10.4. The SMILES string of the molecule is CCc1nc(C(c2ccccc2)c2ccccc2)c(C(=O)O)s1. The van der Waals surface area contributed by atoms with Gasteiger partial charge in [-0.05, 0) is 17.5 Å². The van der Waals surface area contributed by atoms with Gasteiger partial charge in [0.1, 0.15) is 4.88 Å². The molecule has 0 saturated heterocycles. The highest BCUT2D eigenvalue weighted by molar-refractivity contribution is 7.13. The topological polar surface area (TPSA) is 50.2 Å². The Morgan fingerprint density at radius 1 is 1.04 bits per heavy atom. The van der Waals surface area contributed by atoms with Crippen LogP contribution >= 0.6 is 11.3 Å². The van der Waals surface area contributed by atoms with E-state index in [0.29, 0.717) is 10.6 Å². The van der Waals surface area contributed by atoms with Crippen molar-refractivity contribution in [2.75, 3.05) is 0 Å². The van der Waals surface area contributed by atoms with E-state index in [0.717, 1.165) is 22.6 Å². The Bertz CT molecular complexity index is 757. The van der Waals surface area contributed by atoms with Gasteiger partial charge in [-0.3, -0.25) is 0 Å². The molecule has 3 aromatic rings. The van der Waals surface area contributed by atoms with Crippen LogP contribution < -0.4 is 0 Å². The molecule has 0 bridgehead atoms. The van der Waals surface area contributed by atoms with Gasteiger partial charge in [0.15, 0.2) is 0 Å². The molecule has 0 aliphatic carbocycles. The van der Waals surface area contributed by atoms with Crippen molar-refractivity contribution >= 4 is 17.3 Å². The molecule has 2 aromatic carbocycles. The molecule has 3 rings (SSSR count). The van der Waals surface area contributed by atoms with Crippen LogP contribution in [0.4, 0.5) is 0 Å². The van der Waals surface area contributed by atoms with Gasteiger partial charge in [-0.25, -0.2) is 9.78 Å². The van der Waals surface area contributed by atoms with Crippen molar-refractivity contribution in [3.63, 3.8) is 0 Å². The van der Waals surface area contributed by atoms with Gasteiger partial charge in [0, 0.05) is 0 Å². The molecule has 1 N–H and O–H groups in total. The van der Waals surface area contributed by atoms with Crippen LogP contribution in [-0.2, 0) is 6.42 Å². The largest absolute Gasteiger partial charge is 0.477 e. The second kappa shape index (κ2) is 6.75. The van der Waals surface area contributed by atoms with Crippen molar-refractivity contribution in [3.05, 3.63) is 87.4 Å². The van der Waals surface area contributed by atoms with Crippen LogP contribution in [0.15, 0.2) is 60.7 Å². The van der Waals surface area contributed by atoms with Crippen molar-refractivity contribution in [2.24, 2.45) is 0 Å². The molecule has 3 nitrogen and oxygen atoms in total. The summed E-state index contributed by atoms with van der Waals surface area (Å²) >= 11 is 1.27. The molecule has 23 heavy (non-hydrogen) atoms. The lowest BCUT2D eigenvalue weighted by Gasteiger charge is -2.17. The number of hydrogen-bond acceptors (Lipinski definition) is 3. The molecule has 0 atom stereocenters. The maximum atomic E-state index is 11.7. The van der Waals surface area contributed by atoms with Crippen LogP contribution in [0.25, 0.3) is 0 Å². The standard InChI is InChI=1S/C19H17NO2S/c1-2-15-20-17(18(23-15)19(21)22)16(13-9-5-3-6-10-13)14-11-7-4-8-12-14/h3-12,16H,2H2,1H3,(H,21,22). The van der Waals surface area contributed by atoms with Crippen molar-refractivity contribution in [2.45, 2.75) is 19.3 Å². The quantitative estimate of drug-likeness (QED) is 0.747. The summed E-state index contributed by atoms with van der Waals surface area (Å²) in [6.45, 7) is 1.99. The number of rotatable bonds is 5. The monoisotopic (exact) mass is 323 g/mol. The Hall–Kier alpha value is -2.46. The van der Waals surface area contributed by atoms with E-state index in [-0.39, 0.29) is 5.92 Å². The maximum absolute atomic E-state index is 11.7. The predicted molar refractivity (Wildman–Crippen MR) is 92.3 cm³/mol. The average molecular weight is 323 g/mol. The summed E-state index contributed by atoms with van der Waals surface area (Å²) < 4.78 is 0. The van der Waals surface area contributed by atoms with E-state index in [1.807, 2.05) is 67.6 Å². The Morgan fingerprint density at radius 3 is 2.00 bits per heavy atom. The van der Waals surface area contributed by atoms with E-state index in [1.165, 1.54) is 11.3 Å². The first-order chi connectivity index (χ1) is 11.2. The first kappa shape index (κ1) is 15.4. The molecule has 0 radical (unpaired) electrons. The predicted octanol–water partition coefficient (Wildman–Crippen LogP) is 4.58. The van der Waals surface area contributed by atoms with Gasteiger partial charge in [0.25, 0.3) is 0 Å². The van der Waals surface area contributed by atoms with Crippen molar-refractivity contribution in [3.8, 4) is 0 Å². The lowest BCUT2D eigenvalue weighted by Crippen LogP contribution is -2.09. The van der Waals surface area contributed by atoms with E-state index >= 15 is 0 Å². The molecule has 0 amide bonds. The zero-order valence-corrected chi connectivity index (χ0v) is 13.6. The second-order valence-electron chi connectivity index (χ2n) is 5.24. The van der Waals surface area contributed by atoms with Crippen LogP contribution in [-0.4, -0.2) is 16.1 Å². The number of carboxylic acid groups (broad SMARTS) is 1. The smallest absolute Gasteiger partial charge is 0.347 e. The number of aryl methyl sites for hydroxylation is 1. The molecule has 1 heterocycles. The van der Waals surface area contributed by atoms with Gasteiger partial charge in [-0.1, -0.05) is 67.6 Å². The number of nitrogens with zero attached hydrogens (tertiary/aromatic N) is 1. The Balaban J connectivity index is 2.21. The van der Waals surface area contributed by atoms with E-state index in [4.69, 9.17) is 0 Å². The van der Waals surface area contributed by atoms with E-state index in [9.17, 15) is 9.90 Å². The number of benzene rings is 2. The van der Waals surface area contributed by atoms with Crippen LogP contribution in [0.2, 0.25) is 0 Å². The molecule has 0 saturated carbocycles. The summed E-state index contributed by atoms with van der Waals surface area (Å²) in [7, 11) is 0. The minimum atomic E-state index is -0.908. The first-order valence-electron chi connectivity index (χ1n) is 7.53. The molecule has 0 unspecified atom stereocenters. The zero-order valence-electron chi connectivity index (χ0n) is 12.8. The van der Waals surface area contributed by atoms with Gasteiger partial charge < -0.3 is 5.11 Å². The van der Waals surface area contributed by atoms with Crippen LogP contribution in [0.5, 0.6) is 0 Å². The van der Waals surface area contributed by atoms with Crippen molar-refractivity contribution in [1.82, 2.24) is 4.98 Å². The molecule has 0 aliphatic heterocycles. The van der Waals surface area contributed by atoms with Crippen molar-refractivity contribution < 1.29 is 9.90 Å². The fourth-order valence-electron chi connectivity index (χ4n) is 2.68. The normalized spacial score (nSPS) is 10.9. The van der Waals surface area contributed by atoms with E-state index in [2.05, 4.69) is 4.98 Å². The summed E-state index contributed by atoms with van der Waals surface area (Å²) in [5.74, 6) is -1.07.